The number of ether oxygens (including phenoxy) is 2. The molecule has 2 aromatic carbocycles. The van der Waals surface area contributed by atoms with Crippen LogP contribution in [0.5, 0.6) is 11.5 Å². The molecule has 29 heavy (non-hydrogen) atoms. The van der Waals surface area contributed by atoms with Crippen molar-refractivity contribution >= 4 is 11.9 Å². The Labute approximate surface area is 170 Å². The van der Waals surface area contributed by atoms with Crippen LogP contribution in [0.25, 0.3) is 0 Å². The summed E-state index contributed by atoms with van der Waals surface area (Å²) in [7, 11) is 0. The quantitative estimate of drug-likeness (QED) is 0.735. The molecule has 0 aliphatic heterocycles. The molecule has 152 valence electrons. The molecule has 6 heteroatoms. The van der Waals surface area contributed by atoms with Gasteiger partial charge >= 0.3 is 5.97 Å². The molecule has 0 radical (unpaired) electrons. The van der Waals surface area contributed by atoms with Crippen LogP contribution in [-0.4, -0.2) is 41.1 Å². The number of aliphatic carboxylic acids is 1. The Morgan fingerprint density at radius 2 is 1.86 bits per heavy atom. The van der Waals surface area contributed by atoms with Crippen molar-refractivity contribution in [1.82, 2.24) is 4.90 Å². The maximum Gasteiger partial charge on any atom is 0.341 e. The molecule has 0 bridgehead atoms. The summed E-state index contributed by atoms with van der Waals surface area (Å²) in [6, 6.07) is 13.7. The highest BCUT2D eigenvalue weighted by molar-refractivity contribution is 5.95. The van der Waals surface area contributed by atoms with Crippen molar-refractivity contribution in [3.05, 3.63) is 59.2 Å². The van der Waals surface area contributed by atoms with E-state index in [1.165, 1.54) is 11.1 Å². The van der Waals surface area contributed by atoms with E-state index in [0.29, 0.717) is 23.7 Å². The number of amides is 1. The number of benzene rings is 2. The molecule has 1 atom stereocenters. The van der Waals surface area contributed by atoms with Crippen molar-refractivity contribution in [2.45, 2.75) is 44.7 Å². The average Bonchev–Trinajstić information content (AvgIpc) is 3.46. The van der Waals surface area contributed by atoms with E-state index >= 15 is 0 Å². The van der Waals surface area contributed by atoms with Crippen molar-refractivity contribution in [2.75, 3.05) is 13.2 Å². The molecule has 1 amide bonds. The Morgan fingerprint density at radius 1 is 1.07 bits per heavy atom. The minimum absolute atomic E-state index is 0.0139. The van der Waals surface area contributed by atoms with E-state index in [0.717, 1.165) is 25.7 Å². The third kappa shape index (κ3) is 4.06. The lowest BCUT2D eigenvalue weighted by molar-refractivity contribution is -0.139. The summed E-state index contributed by atoms with van der Waals surface area (Å²) < 4.78 is 10.9. The summed E-state index contributed by atoms with van der Waals surface area (Å²) in [4.78, 5) is 26.3. The summed E-state index contributed by atoms with van der Waals surface area (Å²) in [5.74, 6) is -0.357. The molecular formula is C23H25NO5. The van der Waals surface area contributed by atoms with Gasteiger partial charge in [-0.05, 0) is 61.9 Å². The zero-order chi connectivity index (χ0) is 20.4. The second kappa shape index (κ2) is 8.15. The minimum atomic E-state index is -1.06. The monoisotopic (exact) mass is 395 g/mol. The van der Waals surface area contributed by atoms with Gasteiger partial charge in [-0.2, -0.15) is 0 Å². The SMILES string of the molecule is CCOc1cc(C(=O)N(C2CC2)C2CCc3ccccc32)ccc1OCC(=O)O. The minimum Gasteiger partial charge on any atom is -0.490 e. The van der Waals surface area contributed by atoms with Crippen LogP contribution in [0.3, 0.4) is 0 Å². The van der Waals surface area contributed by atoms with Gasteiger partial charge in [0.2, 0.25) is 0 Å². The predicted molar refractivity (Wildman–Crippen MR) is 107 cm³/mol. The topological polar surface area (TPSA) is 76.1 Å². The van der Waals surface area contributed by atoms with Crippen molar-refractivity contribution < 1.29 is 24.2 Å². The van der Waals surface area contributed by atoms with Gasteiger partial charge < -0.3 is 19.5 Å². The fourth-order valence-electron chi connectivity index (χ4n) is 4.06. The number of fused-ring (bicyclic) bond motifs is 1. The number of carbonyl (C=O) groups excluding carboxylic acids is 1. The summed E-state index contributed by atoms with van der Waals surface area (Å²) >= 11 is 0. The summed E-state index contributed by atoms with van der Waals surface area (Å²) in [5, 5.41) is 8.85. The summed E-state index contributed by atoms with van der Waals surface area (Å²) in [6.45, 7) is 1.77. The van der Waals surface area contributed by atoms with E-state index < -0.39 is 12.6 Å². The fourth-order valence-corrected chi connectivity index (χ4v) is 4.06. The molecule has 6 nitrogen and oxygen atoms in total. The Hall–Kier alpha value is -3.02. The van der Waals surface area contributed by atoms with Gasteiger partial charge in [0.15, 0.2) is 18.1 Å². The molecule has 1 unspecified atom stereocenters. The van der Waals surface area contributed by atoms with Crippen molar-refractivity contribution in [3.8, 4) is 11.5 Å². The van der Waals surface area contributed by atoms with Crippen LogP contribution < -0.4 is 9.47 Å². The van der Waals surface area contributed by atoms with Gasteiger partial charge in [0.05, 0.1) is 12.6 Å². The number of rotatable bonds is 8. The van der Waals surface area contributed by atoms with Crippen LogP contribution in [0.2, 0.25) is 0 Å². The van der Waals surface area contributed by atoms with E-state index in [1.807, 2.05) is 17.9 Å². The Balaban J connectivity index is 1.62. The number of carbonyl (C=O) groups is 2. The number of nitrogens with zero attached hydrogens (tertiary/aromatic N) is 1. The third-order valence-electron chi connectivity index (χ3n) is 5.45. The van der Waals surface area contributed by atoms with Crippen molar-refractivity contribution in [2.24, 2.45) is 0 Å². The lowest BCUT2D eigenvalue weighted by Gasteiger charge is -2.30. The summed E-state index contributed by atoms with van der Waals surface area (Å²) in [6.07, 6.45) is 3.99. The maximum absolute atomic E-state index is 13.5. The van der Waals surface area contributed by atoms with Gasteiger partial charge in [-0.1, -0.05) is 24.3 Å². The van der Waals surface area contributed by atoms with Crippen LogP contribution in [0.15, 0.2) is 42.5 Å². The van der Waals surface area contributed by atoms with E-state index in [2.05, 4.69) is 18.2 Å². The Kier molecular flexibility index (Phi) is 5.43. The van der Waals surface area contributed by atoms with Gasteiger partial charge in [-0.15, -0.1) is 0 Å². The first kappa shape index (κ1) is 19.3. The first-order valence-corrected chi connectivity index (χ1v) is 10.1. The summed E-state index contributed by atoms with van der Waals surface area (Å²) in [5.41, 5.74) is 3.11. The second-order valence-electron chi connectivity index (χ2n) is 7.47. The van der Waals surface area contributed by atoms with Crippen molar-refractivity contribution in [3.63, 3.8) is 0 Å². The Bertz CT molecular complexity index is 921. The molecule has 2 aromatic rings. The smallest absolute Gasteiger partial charge is 0.341 e. The largest absolute Gasteiger partial charge is 0.490 e. The predicted octanol–water partition coefficient (Wildman–Crippen LogP) is 3.84. The van der Waals surface area contributed by atoms with Crippen LogP contribution in [0, 0.1) is 0 Å². The number of aryl methyl sites for hydroxylation is 1. The second-order valence-corrected chi connectivity index (χ2v) is 7.47. The number of carboxylic acid groups (broad SMARTS) is 1. The lowest BCUT2D eigenvalue weighted by Crippen LogP contribution is -2.36. The van der Waals surface area contributed by atoms with Gasteiger partial charge in [0.1, 0.15) is 0 Å². The first-order valence-electron chi connectivity index (χ1n) is 10.1. The molecule has 0 saturated heterocycles. The zero-order valence-electron chi connectivity index (χ0n) is 16.5. The highest BCUT2D eigenvalue weighted by Crippen LogP contribution is 2.43. The third-order valence-corrected chi connectivity index (χ3v) is 5.45. The van der Waals surface area contributed by atoms with Gasteiger partial charge in [-0.3, -0.25) is 4.79 Å². The van der Waals surface area contributed by atoms with Gasteiger partial charge in [0, 0.05) is 11.6 Å². The molecule has 2 aliphatic rings. The normalized spacial score (nSPS) is 17.5. The van der Waals surface area contributed by atoms with Crippen LogP contribution in [0.1, 0.15) is 53.7 Å². The molecule has 0 heterocycles. The molecule has 1 N–H and O–H groups in total. The molecule has 2 aliphatic carbocycles. The molecule has 1 saturated carbocycles. The molecule has 4 rings (SSSR count). The van der Waals surface area contributed by atoms with E-state index in [-0.39, 0.29) is 18.0 Å². The van der Waals surface area contributed by atoms with Crippen LogP contribution in [-0.2, 0) is 11.2 Å². The van der Waals surface area contributed by atoms with Gasteiger partial charge in [0.25, 0.3) is 5.91 Å². The number of carboxylic acids is 1. The number of hydrogen-bond donors (Lipinski definition) is 1. The van der Waals surface area contributed by atoms with Crippen LogP contribution in [0.4, 0.5) is 0 Å². The molecule has 1 fully saturated rings. The average molecular weight is 395 g/mol. The lowest BCUT2D eigenvalue weighted by atomic mass is 10.0. The molecule has 0 aromatic heterocycles. The highest BCUT2D eigenvalue weighted by Gasteiger charge is 2.40. The van der Waals surface area contributed by atoms with Crippen molar-refractivity contribution in [1.29, 1.82) is 0 Å². The Morgan fingerprint density at radius 3 is 2.59 bits per heavy atom. The fraction of sp³-hybridized carbons (Fsp3) is 0.391. The van der Waals surface area contributed by atoms with E-state index in [4.69, 9.17) is 14.6 Å². The van der Waals surface area contributed by atoms with E-state index in [1.54, 1.807) is 18.2 Å². The molecule has 0 spiro atoms. The standard InChI is InChI=1S/C23H25NO5/c1-2-28-21-13-16(8-12-20(21)29-14-22(25)26)23(27)24(17-9-10-17)19-11-7-15-5-3-4-6-18(15)19/h3-6,8,12-13,17,19H,2,7,9-11,14H2,1H3,(H,25,26). The van der Waals surface area contributed by atoms with Crippen LogP contribution >= 0.6 is 0 Å². The number of hydrogen-bond acceptors (Lipinski definition) is 4. The highest BCUT2D eigenvalue weighted by atomic mass is 16.5. The van der Waals surface area contributed by atoms with E-state index in [9.17, 15) is 9.59 Å². The maximum atomic E-state index is 13.5. The van der Waals surface area contributed by atoms with Gasteiger partial charge in [-0.25, -0.2) is 4.79 Å². The molecular weight excluding hydrogens is 370 g/mol. The first-order chi connectivity index (χ1) is 14.1. The zero-order valence-corrected chi connectivity index (χ0v) is 16.5.